The summed E-state index contributed by atoms with van der Waals surface area (Å²) < 4.78 is 27.8. The van der Waals surface area contributed by atoms with E-state index in [4.69, 9.17) is 5.11 Å². The maximum absolute atomic E-state index is 12.6. The van der Waals surface area contributed by atoms with Gasteiger partial charge in [0.2, 0.25) is 10.0 Å². The van der Waals surface area contributed by atoms with Crippen molar-refractivity contribution in [2.45, 2.75) is 57.4 Å². The van der Waals surface area contributed by atoms with Crippen LogP contribution in [0.2, 0.25) is 0 Å². The summed E-state index contributed by atoms with van der Waals surface area (Å²) in [7, 11) is -3.72. The summed E-state index contributed by atoms with van der Waals surface area (Å²) in [6, 6.07) is -0.139. The molecule has 0 unspecified atom stereocenters. The molecule has 0 aliphatic heterocycles. The molecule has 1 atom stereocenters. The quantitative estimate of drug-likeness (QED) is 0.775. The van der Waals surface area contributed by atoms with Gasteiger partial charge in [-0.05, 0) is 39.5 Å². The summed E-state index contributed by atoms with van der Waals surface area (Å²) in [5.41, 5.74) is 0.545. The van der Waals surface area contributed by atoms with E-state index < -0.39 is 16.0 Å². The fourth-order valence-corrected chi connectivity index (χ4v) is 4.97. The Kier molecular flexibility index (Phi) is 4.43. The van der Waals surface area contributed by atoms with Crippen molar-refractivity contribution in [2.75, 3.05) is 0 Å². The second-order valence-corrected chi connectivity index (χ2v) is 7.49. The average molecular weight is 314 g/mol. The van der Waals surface area contributed by atoms with E-state index in [-0.39, 0.29) is 22.2 Å². The number of nitrogens with one attached hydrogen (secondary N) is 2. The smallest absolute Gasteiger partial charge is 0.352 e. The number of carboxylic acids is 1. The Bertz CT molecular complexity index is 642. The number of sulfonamides is 1. The molecule has 21 heavy (non-hydrogen) atoms. The first-order valence-corrected chi connectivity index (χ1v) is 8.67. The number of rotatable bonds is 5. The van der Waals surface area contributed by atoms with Gasteiger partial charge in [0, 0.05) is 17.3 Å². The van der Waals surface area contributed by atoms with Gasteiger partial charge in [0.1, 0.15) is 10.6 Å². The van der Waals surface area contributed by atoms with Crippen LogP contribution in [0.5, 0.6) is 0 Å². The number of H-pyrrole nitrogens is 1. The number of hydrogen-bond acceptors (Lipinski definition) is 3. The van der Waals surface area contributed by atoms with Gasteiger partial charge in [-0.2, -0.15) is 0 Å². The van der Waals surface area contributed by atoms with Crippen molar-refractivity contribution in [1.29, 1.82) is 0 Å². The van der Waals surface area contributed by atoms with Crippen molar-refractivity contribution >= 4 is 16.0 Å². The summed E-state index contributed by atoms with van der Waals surface area (Å²) in [5.74, 6) is -0.792. The molecule has 118 valence electrons. The minimum absolute atomic E-state index is 0.0600. The average Bonchev–Trinajstić information content (AvgIpc) is 2.96. The largest absolute Gasteiger partial charge is 0.477 e. The lowest BCUT2D eigenvalue weighted by Crippen LogP contribution is -2.37. The Hall–Kier alpha value is -1.34. The van der Waals surface area contributed by atoms with Gasteiger partial charge in [-0.3, -0.25) is 0 Å². The SMILES string of the molecule is Cc1[nH]c(C(=O)O)c(C)c1S(=O)(=O)N[C@@H](C)C1CCCC1. The van der Waals surface area contributed by atoms with E-state index in [1.165, 1.54) is 6.92 Å². The van der Waals surface area contributed by atoms with Crippen LogP contribution in [0.25, 0.3) is 0 Å². The van der Waals surface area contributed by atoms with Crippen LogP contribution >= 0.6 is 0 Å². The second kappa shape index (κ2) is 5.81. The van der Waals surface area contributed by atoms with Gasteiger partial charge in [-0.15, -0.1) is 0 Å². The molecule has 3 N–H and O–H groups in total. The zero-order valence-electron chi connectivity index (χ0n) is 12.6. The van der Waals surface area contributed by atoms with Gasteiger partial charge in [-0.25, -0.2) is 17.9 Å². The van der Waals surface area contributed by atoms with Crippen molar-refractivity contribution < 1.29 is 18.3 Å². The van der Waals surface area contributed by atoms with Crippen LogP contribution < -0.4 is 4.72 Å². The molecule has 0 aromatic carbocycles. The predicted molar refractivity (Wildman–Crippen MR) is 79.0 cm³/mol. The van der Waals surface area contributed by atoms with E-state index >= 15 is 0 Å². The number of carboxylic acid groups (broad SMARTS) is 1. The van der Waals surface area contributed by atoms with Crippen LogP contribution in [0.3, 0.4) is 0 Å². The van der Waals surface area contributed by atoms with Crippen LogP contribution in [0.4, 0.5) is 0 Å². The Morgan fingerprint density at radius 2 is 1.90 bits per heavy atom. The van der Waals surface area contributed by atoms with Crippen molar-refractivity contribution in [3.8, 4) is 0 Å². The third kappa shape index (κ3) is 3.13. The highest BCUT2D eigenvalue weighted by molar-refractivity contribution is 7.89. The van der Waals surface area contributed by atoms with Crippen LogP contribution in [-0.2, 0) is 10.0 Å². The first kappa shape index (κ1) is 16.0. The van der Waals surface area contributed by atoms with E-state index in [0.29, 0.717) is 11.6 Å². The van der Waals surface area contributed by atoms with Gasteiger partial charge in [0.05, 0.1) is 0 Å². The Morgan fingerprint density at radius 1 is 1.33 bits per heavy atom. The monoisotopic (exact) mass is 314 g/mol. The van der Waals surface area contributed by atoms with E-state index in [1.807, 2.05) is 6.92 Å². The highest BCUT2D eigenvalue weighted by atomic mass is 32.2. The highest BCUT2D eigenvalue weighted by Crippen LogP contribution is 2.29. The molecule has 1 aromatic heterocycles. The lowest BCUT2D eigenvalue weighted by molar-refractivity contribution is 0.0690. The predicted octanol–water partition coefficient (Wildman–Crippen LogP) is 2.19. The van der Waals surface area contributed by atoms with Gasteiger partial charge >= 0.3 is 5.97 Å². The summed E-state index contributed by atoms with van der Waals surface area (Å²) in [5, 5.41) is 9.08. The zero-order valence-corrected chi connectivity index (χ0v) is 13.4. The maximum atomic E-state index is 12.6. The van der Waals surface area contributed by atoms with Gasteiger partial charge in [-0.1, -0.05) is 12.8 Å². The molecule has 1 aliphatic carbocycles. The van der Waals surface area contributed by atoms with E-state index in [0.717, 1.165) is 25.7 Å². The van der Waals surface area contributed by atoms with E-state index in [1.54, 1.807) is 6.92 Å². The maximum Gasteiger partial charge on any atom is 0.352 e. The number of aromatic amines is 1. The lowest BCUT2D eigenvalue weighted by Gasteiger charge is -2.20. The van der Waals surface area contributed by atoms with Crippen LogP contribution in [-0.4, -0.2) is 30.5 Å². The molecule has 0 saturated heterocycles. The second-order valence-electron chi connectivity index (χ2n) is 5.84. The molecule has 0 bridgehead atoms. The van der Waals surface area contributed by atoms with E-state index in [9.17, 15) is 13.2 Å². The third-order valence-corrected chi connectivity index (χ3v) is 6.13. The molecule has 0 amide bonds. The highest BCUT2D eigenvalue weighted by Gasteiger charge is 2.30. The first-order chi connectivity index (χ1) is 9.74. The van der Waals surface area contributed by atoms with Gasteiger partial charge < -0.3 is 10.1 Å². The first-order valence-electron chi connectivity index (χ1n) is 7.19. The molecule has 1 aliphatic rings. The molecule has 2 rings (SSSR count). The molecule has 1 aromatic rings. The lowest BCUT2D eigenvalue weighted by atomic mass is 10.0. The third-order valence-electron chi connectivity index (χ3n) is 4.30. The van der Waals surface area contributed by atoms with Crippen molar-refractivity contribution in [1.82, 2.24) is 9.71 Å². The molecule has 6 nitrogen and oxygen atoms in total. The molecule has 1 fully saturated rings. The molecule has 0 spiro atoms. The molecular weight excluding hydrogens is 292 g/mol. The minimum Gasteiger partial charge on any atom is -0.477 e. The normalized spacial score (nSPS) is 18.0. The van der Waals surface area contributed by atoms with Crippen LogP contribution in [0.15, 0.2) is 4.90 Å². The Labute approximate surface area is 125 Å². The van der Waals surface area contributed by atoms with Gasteiger partial charge in [0.25, 0.3) is 0 Å². The number of aryl methyl sites for hydroxylation is 1. The summed E-state index contributed by atoms with van der Waals surface area (Å²) in [4.78, 5) is 13.8. The fourth-order valence-electron chi connectivity index (χ4n) is 3.21. The van der Waals surface area contributed by atoms with Crippen LogP contribution in [0, 0.1) is 19.8 Å². The van der Waals surface area contributed by atoms with E-state index in [2.05, 4.69) is 9.71 Å². The summed E-state index contributed by atoms with van der Waals surface area (Å²) in [6.45, 7) is 4.97. The topological polar surface area (TPSA) is 99.3 Å². The van der Waals surface area contributed by atoms with Crippen molar-refractivity contribution in [3.63, 3.8) is 0 Å². The van der Waals surface area contributed by atoms with Gasteiger partial charge in [0.15, 0.2) is 0 Å². The molecule has 1 heterocycles. The molecule has 7 heteroatoms. The van der Waals surface area contributed by atoms with Crippen molar-refractivity contribution in [2.24, 2.45) is 5.92 Å². The van der Waals surface area contributed by atoms with Crippen molar-refractivity contribution in [3.05, 3.63) is 17.0 Å². The Balaban J connectivity index is 2.29. The Morgan fingerprint density at radius 3 is 2.38 bits per heavy atom. The zero-order chi connectivity index (χ0) is 15.8. The minimum atomic E-state index is -3.72. The number of aromatic carboxylic acids is 1. The fraction of sp³-hybridized carbons (Fsp3) is 0.643. The number of carbonyl (C=O) groups is 1. The molecule has 1 saturated carbocycles. The number of aromatic nitrogens is 1. The summed E-state index contributed by atoms with van der Waals surface area (Å²) in [6.07, 6.45) is 4.36. The summed E-state index contributed by atoms with van der Waals surface area (Å²) >= 11 is 0. The molecule has 0 radical (unpaired) electrons. The standard InChI is InChI=1S/C14H22N2O4S/c1-8-12(14(17)18)15-10(3)13(8)21(19,20)16-9(2)11-6-4-5-7-11/h9,11,15-16H,4-7H2,1-3H3,(H,17,18)/t9-/m0/s1. The molecular formula is C14H22N2O4S. The van der Waals surface area contributed by atoms with Crippen LogP contribution in [0.1, 0.15) is 54.4 Å². The number of hydrogen-bond donors (Lipinski definition) is 3.